The van der Waals surface area contributed by atoms with Crippen molar-refractivity contribution in [1.29, 1.82) is 0 Å². The summed E-state index contributed by atoms with van der Waals surface area (Å²) in [6, 6.07) is 0. The Morgan fingerprint density at radius 2 is 1.38 bits per heavy atom. The van der Waals surface area contributed by atoms with E-state index in [4.69, 9.17) is 0 Å². The predicted octanol–water partition coefficient (Wildman–Crippen LogP) is 6.58. The van der Waals surface area contributed by atoms with Crippen molar-refractivity contribution in [2.45, 2.75) is 90.6 Å². The van der Waals surface area contributed by atoms with E-state index in [1.165, 1.54) is 12.8 Å². The van der Waals surface area contributed by atoms with E-state index >= 15 is 0 Å². The van der Waals surface area contributed by atoms with Crippen molar-refractivity contribution in [2.24, 2.45) is 0 Å². The second-order valence-corrected chi connectivity index (χ2v) is 7.50. The van der Waals surface area contributed by atoms with Crippen molar-refractivity contribution < 1.29 is 9.90 Å². The monoisotopic (exact) mass is 401 g/mol. The van der Waals surface area contributed by atoms with Gasteiger partial charge < -0.3 is 10.4 Å². The fraction of sp³-hybridized carbons (Fsp3) is 0.577. The van der Waals surface area contributed by atoms with Crippen molar-refractivity contribution in [2.75, 3.05) is 6.54 Å². The summed E-state index contributed by atoms with van der Waals surface area (Å²) >= 11 is 0. The maximum atomic E-state index is 11.9. The fourth-order valence-electron chi connectivity index (χ4n) is 2.72. The molecule has 0 aromatic rings. The summed E-state index contributed by atoms with van der Waals surface area (Å²) in [5.41, 5.74) is -0.784. The first kappa shape index (κ1) is 27.1. The zero-order valence-electron chi connectivity index (χ0n) is 18.9. The number of hydrogen-bond acceptors (Lipinski definition) is 2. The lowest BCUT2D eigenvalue weighted by Crippen LogP contribution is -2.42. The largest absolute Gasteiger partial charge is 0.388 e. The maximum absolute atomic E-state index is 11.9. The summed E-state index contributed by atoms with van der Waals surface area (Å²) in [6.07, 6.45) is 29.9. The van der Waals surface area contributed by atoms with Gasteiger partial charge in [-0.15, -0.1) is 0 Å². The highest BCUT2D eigenvalue weighted by molar-refractivity contribution is 5.87. The molecule has 3 nitrogen and oxygen atoms in total. The van der Waals surface area contributed by atoms with Crippen molar-refractivity contribution >= 4 is 5.91 Å². The molecule has 0 aromatic heterocycles. The van der Waals surface area contributed by atoms with Crippen molar-refractivity contribution in [1.82, 2.24) is 5.32 Å². The number of unbranched alkanes of at least 4 members (excludes halogenated alkanes) is 5. The van der Waals surface area contributed by atoms with E-state index in [-0.39, 0.29) is 5.91 Å². The van der Waals surface area contributed by atoms with Gasteiger partial charge in [-0.2, -0.15) is 0 Å². The van der Waals surface area contributed by atoms with Gasteiger partial charge >= 0.3 is 0 Å². The topological polar surface area (TPSA) is 49.3 Å². The van der Waals surface area contributed by atoms with Crippen molar-refractivity contribution in [3.8, 4) is 0 Å². The van der Waals surface area contributed by atoms with E-state index in [0.29, 0.717) is 13.0 Å². The minimum absolute atomic E-state index is 0.131. The molecule has 0 rings (SSSR count). The average molecular weight is 402 g/mol. The molecule has 0 spiro atoms. The molecule has 3 heteroatoms. The molecular formula is C26H43NO2. The fourth-order valence-corrected chi connectivity index (χ4v) is 2.72. The Hall–Kier alpha value is -1.87. The van der Waals surface area contributed by atoms with E-state index in [2.05, 4.69) is 37.4 Å². The van der Waals surface area contributed by atoms with Gasteiger partial charge in [-0.25, -0.2) is 0 Å². The summed E-state index contributed by atoms with van der Waals surface area (Å²) in [5, 5.41) is 13.4. The van der Waals surface area contributed by atoms with Gasteiger partial charge in [0.15, 0.2) is 0 Å². The summed E-state index contributed by atoms with van der Waals surface area (Å²) in [5.74, 6) is -0.131. The Kier molecular flexibility index (Phi) is 18.2. The van der Waals surface area contributed by atoms with Gasteiger partial charge in [0, 0.05) is 6.54 Å². The number of allylic oxidation sites excluding steroid dienone is 9. The molecular weight excluding hydrogens is 358 g/mol. The standard InChI is InChI=1S/C26H43NO2/c1-4-7-9-10-11-12-13-14-15-16-17-18-19-20-22-25(28)27-24-26(29,6-3)23-21-8-5-2/h10-17,20,22,29H,4-9,18-19,21,23-24H2,1-3H3,(H,27,28). The molecule has 2 N–H and O–H groups in total. The Morgan fingerprint density at radius 1 is 0.793 bits per heavy atom. The van der Waals surface area contributed by atoms with Crippen LogP contribution in [-0.2, 0) is 4.79 Å². The van der Waals surface area contributed by atoms with Crippen LogP contribution in [0, 0.1) is 0 Å². The number of aliphatic hydroxyl groups is 1. The summed E-state index contributed by atoms with van der Waals surface area (Å²) in [7, 11) is 0. The smallest absolute Gasteiger partial charge is 0.243 e. The number of carbonyl (C=O) groups is 1. The average Bonchev–Trinajstić information content (AvgIpc) is 2.72. The molecule has 0 bridgehead atoms. The number of rotatable bonds is 17. The Balaban J connectivity index is 3.93. The third-order valence-corrected chi connectivity index (χ3v) is 4.82. The summed E-state index contributed by atoms with van der Waals surface area (Å²) in [6.45, 7) is 6.64. The molecule has 0 saturated heterocycles. The van der Waals surface area contributed by atoms with Crippen LogP contribution in [0.25, 0.3) is 0 Å². The number of nitrogens with one attached hydrogen (secondary N) is 1. The molecule has 1 amide bonds. The van der Waals surface area contributed by atoms with Crippen LogP contribution in [0.1, 0.15) is 85.0 Å². The second-order valence-electron chi connectivity index (χ2n) is 7.50. The molecule has 29 heavy (non-hydrogen) atoms. The van der Waals surface area contributed by atoms with Gasteiger partial charge in [0.2, 0.25) is 5.91 Å². The Labute approximate surface area is 179 Å². The molecule has 0 aliphatic rings. The van der Waals surface area contributed by atoms with Crippen LogP contribution in [0.15, 0.2) is 60.8 Å². The van der Waals surface area contributed by atoms with Gasteiger partial charge in [0.1, 0.15) is 0 Å². The first-order chi connectivity index (χ1) is 14.1. The van der Waals surface area contributed by atoms with Gasteiger partial charge in [0.05, 0.1) is 5.60 Å². The Morgan fingerprint density at radius 3 is 2.00 bits per heavy atom. The highest BCUT2D eigenvalue weighted by atomic mass is 16.3. The second kappa shape index (κ2) is 19.4. The Bertz CT molecular complexity index is 543. The molecule has 0 aliphatic carbocycles. The first-order valence-corrected chi connectivity index (χ1v) is 11.4. The molecule has 0 aliphatic heterocycles. The van der Waals surface area contributed by atoms with Crippen LogP contribution in [0.5, 0.6) is 0 Å². The molecule has 164 valence electrons. The lowest BCUT2D eigenvalue weighted by molar-refractivity contribution is -0.117. The SMILES string of the molecule is CCCCC=CC=CC=CC=CCCC=CC(=O)NCC(O)(CC)CCCCC. The van der Waals surface area contributed by atoms with Crippen molar-refractivity contribution in [3.05, 3.63) is 60.8 Å². The van der Waals surface area contributed by atoms with Crippen LogP contribution < -0.4 is 5.32 Å². The van der Waals surface area contributed by atoms with Gasteiger partial charge in [-0.05, 0) is 38.2 Å². The zero-order valence-corrected chi connectivity index (χ0v) is 18.9. The van der Waals surface area contributed by atoms with E-state index < -0.39 is 5.60 Å². The minimum atomic E-state index is -0.784. The predicted molar refractivity (Wildman–Crippen MR) is 127 cm³/mol. The minimum Gasteiger partial charge on any atom is -0.388 e. The third-order valence-electron chi connectivity index (χ3n) is 4.82. The van der Waals surface area contributed by atoms with E-state index in [1.54, 1.807) is 6.08 Å². The lowest BCUT2D eigenvalue weighted by atomic mass is 9.93. The van der Waals surface area contributed by atoms with Gasteiger partial charge in [0.25, 0.3) is 0 Å². The summed E-state index contributed by atoms with van der Waals surface area (Å²) < 4.78 is 0. The number of hydrogen-bond donors (Lipinski definition) is 2. The number of carbonyl (C=O) groups excluding carboxylic acids is 1. The molecule has 0 aromatic carbocycles. The van der Waals surface area contributed by atoms with Crippen molar-refractivity contribution in [3.63, 3.8) is 0 Å². The molecule has 1 atom stereocenters. The lowest BCUT2D eigenvalue weighted by Gasteiger charge is -2.26. The van der Waals surface area contributed by atoms with Gasteiger partial charge in [-0.3, -0.25) is 4.79 Å². The molecule has 0 radical (unpaired) electrons. The van der Waals surface area contributed by atoms with E-state index in [9.17, 15) is 9.90 Å². The molecule has 1 unspecified atom stereocenters. The summed E-state index contributed by atoms with van der Waals surface area (Å²) in [4.78, 5) is 11.9. The molecule has 0 heterocycles. The first-order valence-electron chi connectivity index (χ1n) is 11.4. The number of amides is 1. The van der Waals surface area contributed by atoms with Crippen LogP contribution in [-0.4, -0.2) is 23.2 Å². The third kappa shape index (κ3) is 17.9. The quantitative estimate of drug-likeness (QED) is 0.164. The molecule has 0 fully saturated rings. The highest BCUT2D eigenvalue weighted by Crippen LogP contribution is 2.18. The van der Waals surface area contributed by atoms with E-state index in [0.717, 1.165) is 44.9 Å². The van der Waals surface area contributed by atoms with Crippen LogP contribution in [0.3, 0.4) is 0 Å². The zero-order chi connectivity index (χ0) is 21.6. The maximum Gasteiger partial charge on any atom is 0.243 e. The van der Waals surface area contributed by atoms with Crippen LogP contribution >= 0.6 is 0 Å². The highest BCUT2D eigenvalue weighted by Gasteiger charge is 2.24. The van der Waals surface area contributed by atoms with Gasteiger partial charge in [-0.1, -0.05) is 108 Å². The van der Waals surface area contributed by atoms with Crippen LogP contribution in [0.2, 0.25) is 0 Å². The normalized spacial score (nSPS) is 14.8. The van der Waals surface area contributed by atoms with E-state index in [1.807, 2.05) is 43.4 Å². The molecule has 0 saturated carbocycles. The van der Waals surface area contributed by atoms with Crippen LogP contribution in [0.4, 0.5) is 0 Å².